The van der Waals surface area contributed by atoms with E-state index < -0.39 is 5.91 Å². The van der Waals surface area contributed by atoms with E-state index in [4.69, 9.17) is 32.0 Å². The van der Waals surface area contributed by atoms with E-state index in [0.29, 0.717) is 60.4 Å². The summed E-state index contributed by atoms with van der Waals surface area (Å²) >= 11 is 7.86. The lowest BCUT2D eigenvalue weighted by atomic mass is 10.0. The van der Waals surface area contributed by atoms with Crippen LogP contribution in [0.2, 0.25) is 5.02 Å². The molecule has 2 aliphatic heterocycles. The van der Waals surface area contributed by atoms with E-state index in [-0.39, 0.29) is 11.9 Å². The average Bonchev–Trinajstić information content (AvgIpc) is 3.46. The first kappa shape index (κ1) is 27.8. The van der Waals surface area contributed by atoms with Crippen LogP contribution in [0.4, 0.5) is 17.5 Å². The summed E-state index contributed by atoms with van der Waals surface area (Å²) in [5, 5.41) is 2.99. The Morgan fingerprint density at radius 2 is 1.90 bits per heavy atom. The first-order chi connectivity index (χ1) is 20.4. The Bertz CT molecular complexity index is 1720. The quantitative estimate of drug-likeness (QED) is 0.310. The molecular formula is C29H27ClN8O3S. The molecule has 0 unspecified atom stereocenters. The van der Waals surface area contributed by atoms with Crippen molar-refractivity contribution < 1.29 is 14.3 Å². The monoisotopic (exact) mass is 602 g/mol. The molecule has 0 atom stereocenters. The van der Waals surface area contributed by atoms with Gasteiger partial charge in [0.05, 0.1) is 39.7 Å². The molecule has 6 rings (SSSR count). The van der Waals surface area contributed by atoms with Crippen LogP contribution in [-0.4, -0.2) is 76.0 Å². The molecule has 3 aromatic heterocycles. The summed E-state index contributed by atoms with van der Waals surface area (Å²) < 4.78 is 6.57. The van der Waals surface area contributed by atoms with E-state index in [0.717, 1.165) is 45.7 Å². The van der Waals surface area contributed by atoms with Crippen molar-refractivity contribution in [2.45, 2.75) is 6.42 Å². The molecule has 11 nitrogen and oxygen atoms in total. The zero-order valence-corrected chi connectivity index (χ0v) is 24.1. The Balaban J connectivity index is 1.27. The van der Waals surface area contributed by atoms with Gasteiger partial charge in [-0.25, -0.2) is 19.9 Å². The zero-order valence-electron chi connectivity index (χ0n) is 22.5. The fraction of sp³-hybridized carbons (Fsp3) is 0.241. The predicted molar refractivity (Wildman–Crippen MR) is 165 cm³/mol. The number of thiophene rings is 1. The van der Waals surface area contributed by atoms with Crippen LogP contribution in [0.5, 0.6) is 0 Å². The van der Waals surface area contributed by atoms with Crippen molar-refractivity contribution in [1.29, 1.82) is 0 Å². The van der Waals surface area contributed by atoms with Gasteiger partial charge in [-0.1, -0.05) is 24.3 Å². The van der Waals surface area contributed by atoms with Crippen LogP contribution < -0.4 is 16.0 Å². The van der Waals surface area contributed by atoms with Gasteiger partial charge in [0.2, 0.25) is 11.9 Å². The highest BCUT2D eigenvalue weighted by molar-refractivity contribution is 7.20. The maximum Gasteiger partial charge on any atom is 0.254 e. The van der Waals surface area contributed by atoms with Crippen LogP contribution in [-0.2, 0) is 9.53 Å². The number of nitrogens with zero attached hydrogens (tertiary/aromatic N) is 6. The molecular weight excluding hydrogens is 576 g/mol. The summed E-state index contributed by atoms with van der Waals surface area (Å²) in [6.07, 6.45) is 7.18. The summed E-state index contributed by atoms with van der Waals surface area (Å²) in [6.45, 7) is 7.19. The Morgan fingerprint density at radius 1 is 1.12 bits per heavy atom. The maximum atomic E-state index is 13.3. The van der Waals surface area contributed by atoms with Gasteiger partial charge < -0.3 is 25.6 Å². The maximum absolute atomic E-state index is 13.3. The van der Waals surface area contributed by atoms with Crippen molar-refractivity contribution in [2.24, 2.45) is 0 Å². The minimum atomic E-state index is -0.397. The minimum Gasteiger partial charge on any atom is -0.378 e. The average molecular weight is 603 g/mol. The lowest BCUT2D eigenvalue weighted by molar-refractivity contribution is -0.111. The van der Waals surface area contributed by atoms with Crippen molar-refractivity contribution in [3.63, 3.8) is 0 Å². The summed E-state index contributed by atoms with van der Waals surface area (Å²) in [4.78, 5) is 48.1. The number of benzene rings is 1. The number of fused-ring (bicyclic) bond motifs is 1. The van der Waals surface area contributed by atoms with Crippen LogP contribution in [0.1, 0.15) is 21.7 Å². The molecule has 1 fully saturated rings. The first-order valence-corrected chi connectivity index (χ1v) is 14.5. The molecule has 0 radical (unpaired) electrons. The van der Waals surface area contributed by atoms with E-state index in [1.54, 1.807) is 46.8 Å². The standard InChI is InChI=1S/C29H27ClN8O3S/c1-2-24(39)34-21-13-18(3-4-20(21)30)28(40)38-7-5-17(6-8-38)23-14-22-25(42-23)27(37-9-11-41-12-10-37)36-26(35-22)19-15-32-29(31)33-16-19/h2-5,13-16H,1,6-12H2,(H,34,39)(H2,31,32,33). The van der Waals surface area contributed by atoms with Crippen LogP contribution in [0.15, 0.2) is 55.4 Å². The number of aromatic nitrogens is 4. The van der Waals surface area contributed by atoms with Gasteiger partial charge in [0, 0.05) is 49.0 Å². The molecule has 0 aliphatic carbocycles. The summed E-state index contributed by atoms with van der Waals surface area (Å²) in [5.74, 6) is 1.06. The van der Waals surface area contributed by atoms with E-state index in [1.807, 2.05) is 0 Å². The number of halogens is 1. The molecule has 3 N–H and O–H groups in total. The Hall–Kier alpha value is -4.39. The number of anilines is 3. The van der Waals surface area contributed by atoms with Gasteiger partial charge in [-0.15, -0.1) is 11.3 Å². The van der Waals surface area contributed by atoms with E-state index in [9.17, 15) is 9.59 Å². The van der Waals surface area contributed by atoms with Gasteiger partial charge >= 0.3 is 0 Å². The van der Waals surface area contributed by atoms with E-state index in [1.165, 1.54) is 0 Å². The molecule has 4 aromatic rings. The number of ether oxygens (including phenoxy) is 1. The lowest BCUT2D eigenvalue weighted by Crippen LogP contribution is -2.36. The largest absolute Gasteiger partial charge is 0.378 e. The van der Waals surface area contributed by atoms with E-state index >= 15 is 0 Å². The summed E-state index contributed by atoms with van der Waals surface area (Å²) in [5.41, 5.74) is 9.19. The van der Waals surface area contributed by atoms with Gasteiger partial charge in [-0.3, -0.25) is 9.59 Å². The third kappa shape index (κ3) is 5.69. The molecule has 5 heterocycles. The predicted octanol–water partition coefficient (Wildman–Crippen LogP) is 4.27. The number of hydrogen-bond donors (Lipinski definition) is 2. The number of amides is 2. The number of morpholine rings is 1. The van der Waals surface area contributed by atoms with Gasteiger partial charge in [0.1, 0.15) is 0 Å². The number of nitrogens with two attached hydrogens (primary N) is 1. The third-order valence-electron chi connectivity index (χ3n) is 7.06. The highest BCUT2D eigenvalue weighted by atomic mass is 35.5. The number of nitrogens with one attached hydrogen (secondary N) is 1. The molecule has 0 bridgehead atoms. The number of hydrogen-bond acceptors (Lipinski definition) is 10. The highest BCUT2D eigenvalue weighted by Gasteiger charge is 2.24. The smallest absolute Gasteiger partial charge is 0.254 e. The second-order valence-corrected chi connectivity index (χ2v) is 11.2. The van der Waals surface area contributed by atoms with Crippen LogP contribution >= 0.6 is 22.9 Å². The number of carbonyl (C=O) groups excluding carboxylic acids is 2. The summed E-state index contributed by atoms with van der Waals surface area (Å²) in [6, 6.07) is 6.94. The molecule has 1 saturated heterocycles. The Labute approximate surface area is 250 Å². The van der Waals surface area contributed by atoms with Crippen LogP contribution in [0.3, 0.4) is 0 Å². The topological polar surface area (TPSA) is 139 Å². The normalized spacial score (nSPS) is 15.4. The molecule has 0 spiro atoms. The lowest BCUT2D eigenvalue weighted by Gasteiger charge is -2.28. The molecule has 0 saturated carbocycles. The van der Waals surface area contributed by atoms with Gasteiger partial charge in [-0.2, -0.15) is 0 Å². The van der Waals surface area contributed by atoms with Crippen LogP contribution in [0, 0.1) is 0 Å². The van der Waals surface area contributed by atoms with E-state index in [2.05, 4.69) is 38.9 Å². The fourth-order valence-corrected chi connectivity index (χ4v) is 6.19. The second kappa shape index (κ2) is 11.8. The van der Waals surface area contributed by atoms with Crippen molar-refractivity contribution in [3.05, 3.63) is 70.9 Å². The molecule has 2 aliphatic rings. The SMILES string of the molecule is C=CC(=O)Nc1cc(C(=O)N2CC=C(c3cc4nc(-c5cnc(N)nc5)nc(N5CCOCC5)c4s3)CC2)ccc1Cl. The third-order valence-corrected chi connectivity index (χ3v) is 8.59. The zero-order chi connectivity index (χ0) is 29.2. The molecule has 13 heteroatoms. The number of carbonyl (C=O) groups is 2. The highest BCUT2D eigenvalue weighted by Crippen LogP contribution is 2.38. The summed E-state index contributed by atoms with van der Waals surface area (Å²) in [7, 11) is 0. The van der Waals surface area contributed by atoms with Crippen molar-refractivity contribution >= 4 is 68.0 Å². The van der Waals surface area contributed by atoms with Crippen LogP contribution in [0.25, 0.3) is 27.2 Å². The molecule has 42 heavy (non-hydrogen) atoms. The van der Waals surface area contributed by atoms with Crippen molar-refractivity contribution in [2.75, 3.05) is 55.3 Å². The fourth-order valence-electron chi connectivity index (χ4n) is 4.84. The van der Waals surface area contributed by atoms with Crippen molar-refractivity contribution in [1.82, 2.24) is 24.8 Å². The Morgan fingerprint density at radius 3 is 2.62 bits per heavy atom. The Kier molecular flexibility index (Phi) is 7.83. The van der Waals surface area contributed by atoms with Gasteiger partial charge in [0.15, 0.2) is 11.6 Å². The van der Waals surface area contributed by atoms with Crippen molar-refractivity contribution in [3.8, 4) is 11.4 Å². The number of nitrogen functional groups attached to an aromatic ring is 1. The molecule has 2 amide bonds. The molecule has 1 aromatic carbocycles. The minimum absolute atomic E-state index is 0.136. The van der Waals surface area contributed by atoms with Gasteiger partial charge in [0.25, 0.3) is 5.91 Å². The number of rotatable bonds is 6. The second-order valence-electron chi connectivity index (χ2n) is 9.74. The first-order valence-electron chi connectivity index (χ1n) is 13.3. The molecule has 214 valence electrons. The van der Waals surface area contributed by atoms with Gasteiger partial charge in [-0.05, 0) is 42.3 Å².